The third-order valence-corrected chi connectivity index (χ3v) is 3.02. The maximum absolute atomic E-state index is 10.8. The van der Waals surface area contributed by atoms with Gasteiger partial charge in [0.25, 0.3) is 0 Å². The molecule has 0 amide bonds. The van der Waals surface area contributed by atoms with Gasteiger partial charge < -0.3 is 10.2 Å². The predicted octanol–water partition coefficient (Wildman–Crippen LogP) is 1.32. The summed E-state index contributed by atoms with van der Waals surface area (Å²) in [5.74, 6) is -2.49. The van der Waals surface area contributed by atoms with Crippen molar-refractivity contribution in [2.24, 2.45) is 5.41 Å². The lowest BCUT2D eigenvalue weighted by molar-refractivity contribution is -0.167. The molecule has 0 atom stereocenters. The maximum Gasteiger partial charge on any atom is 0.321 e. The second-order valence-electron chi connectivity index (χ2n) is 3.37. The highest BCUT2D eigenvalue weighted by Gasteiger charge is 2.48. The van der Waals surface area contributed by atoms with Crippen molar-refractivity contribution in [1.82, 2.24) is 0 Å². The standard InChI is InChI=1S/C8H11ClO4/c9-5-1-3-8(4-2-5,6(10)11)7(12)13/h5H,1-4H2,(H,10,11)(H,12,13). The van der Waals surface area contributed by atoms with E-state index in [0.29, 0.717) is 12.8 Å². The van der Waals surface area contributed by atoms with Gasteiger partial charge in [-0.25, -0.2) is 0 Å². The quantitative estimate of drug-likeness (QED) is 0.528. The van der Waals surface area contributed by atoms with E-state index < -0.39 is 17.4 Å². The fourth-order valence-corrected chi connectivity index (χ4v) is 1.81. The zero-order valence-corrected chi connectivity index (χ0v) is 7.75. The molecule has 1 aliphatic rings. The average Bonchev–Trinajstić information content (AvgIpc) is 2.04. The van der Waals surface area contributed by atoms with E-state index in [4.69, 9.17) is 21.8 Å². The van der Waals surface area contributed by atoms with E-state index in [9.17, 15) is 9.59 Å². The SMILES string of the molecule is O=C(O)C1(C(=O)O)CCC(Cl)CC1. The molecule has 0 bridgehead atoms. The van der Waals surface area contributed by atoms with Crippen LogP contribution >= 0.6 is 11.6 Å². The summed E-state index contributed by atoms with van der Waals surface area (Å²) in [4.78, 5) is 21.6. The molecule has 0 unspecified atom stereocenters. The fraction of sp³-hybridized carbons (Fsp3) is 0.750. The van der Waals surface area contributed by atoms with Crippen LogP contribution in [0.1, 0.15) is 25.7 Å². The highest BCUT2D eigenvalue weighted by Crippen LogP contribution is 2.38. The number of aliphatic carboxylic acids is 2. The van der Waals surface area contributed by atoms with Gasteiger partial charge in [-0.1, -0.05) is 0 Å². The minimum Gasteiger partial charge on any atom is -0.480 e. The number of rotatable bonds is 2. The Morgan fingerprint density at radius 3 is 1.85 bits per heavy atom. The molecule has 13 heavy (non-hydrogen) atoms. The van der Waals surface area contributed by atoms with Crippen molar-refractivity contribution < 1.29 is 19.8 Å². The molecule has 0 aromatic rings. The number of hydrogen-bond acceptors (Lipinski definition) is 2. The molecular weight excluding hydrogens is 196 g/mol. The summed E-state index contributed by atoms with van der Waals surface area (Å²) in [7, 11) is 0. The minimum atomic E-state index is -1.59. The number of hydrogen-bond donors (Lipinski definition) is 2. The van der Waals surface area contributed by atoms with E-state index in [0.717, 1.165) is 0 Å². The van der Waals surface area contributed by atoms with E-state index in [2.05, 4.69) is 0 Å². The highest BCUT2D eigenvalue weighted by atomic mass is 35.5. The van der Waals surface area contributed by atoms with Gasteiger partial charge in [-0.05, 0) is 25.7 Å². The molecule has 4 nitrogen and oxygen atoms in total. The van der Waals surface area contributed by atoms with Crippen LogP contribution in [0.2, 0.25) is 0 Å². The summed E-state index contributed by atoms with van der Waals surface area (Å²) in [6.07, 6.45) is 1.18. The predicted molar refractivity (Wildman–Crippen MR) is 45.8 cm³/mol. The molecule has 1 saturated carbocycles. The smallest absolute Gasteiger partial charge is 0.321 e. The Hall–Kier alpha value is -0.770. The van der Waals surface area contributed by atoms with Crippen molar-refractivity contribution in [2.45, 2.75) is 31.1 Å². The van der Waals surface area contributed by atoms with Crippen LogP contribution in [0.4, 0.5) is 0 Å². The highest BCUT2D eigenvalue weighted by molar-refractivity contribution is 6.20. The largest absolute Gasteiger partial charge is 0.480 e. The summed E-state index contributed by atoms with van der Waals surface area (Å²) in [6, 6.07) is 0. The first-order chi connectivity index (χ1) is 5.99. The summed E-state index contributed by atoms with van der Waals surface area (Å²) >= 11 is 5.77. The summed E-state index contributed by atoms with van der Waals surface area (Å²) < 4.78 is 0. The van der Waals surface area contributed by atoms with Gasteiger partial charge in [0.2, 0.25) is 0 Å². The molecule has 1 fully saturated rings. The van der Waals surface area contributed by atoms with Crippen molar-refractivity contribution in [3.05, 3.63) is 0 Å². The third kappa shape index (κ3) is 1.77. The molecule has 0 aromatic carbocycles. The van der Waals surface area contributed by atoms with E-state index in [1.165, 1.54) is 0 Å². The third-order valence-electron chi connectivity index (χ3n) is 2.59. The molecule has 1 aliphatic carbocycles. The summed E-state index contributed by atoms with van der Waals surface area (Å²) in [5.41, 5.74) is -1.59. The molecule has 74 valence electrons. The van der Waals surface area contributed by atoms with Gasteiger partial charge in [-0.3, -0.25) is 9.59 Å². The van der Waals surface area contributed by atoms with E-state index in [-0.39, 0.29) is 18.2 Å². The van der Waals surface area contributed by atoms with Crippen LogP contribution in [0.15, 0.2) is 0 Å². The normalized spacial score (nSPS) is 22.5. The number of carbonyl (C=O) groups is 2. The topological polar surface area (TPSA) is 74.6 Å². The van der Waals surface area contributed by atoms with Crippen LogP contribution in [-0.4, -0.2) is 27.5 Å². The van der Waals surface area contributed by atoms with Crippen molar-refractivity contribution in [2.75, 3.05) is 0 Å². The number of halogens is 1. The van der Waals surface area contributed by atoms with Gasteiger partial charge >= 0.3 is 11.9 Å². The molecule has 0 radical (unpaired) electrons. The number of carboxylic acids is 2. The van der Waals surface area contributed by atoms with Gasteiger partial charge in [0.1, 0.15) is 0 Å². The monoisotopic (exact) mass is 206 g/mol. The lowest BCUT2D eigenvalue weighted by atomic mass is 9.74. The lowest BCUT2D eigenvalue weighted by Crippen LogP contribution is -2.42. The molecule has 0 aromatic heterocycles. The first-order valence-corrected chi connectivity index (χ1v) is 4.53. The van der Waals surface area contributed by atoms with Crippen LogP contribution in [0, 0.1) is 5.41 Å². The molecule has 1 rings (SSSR count). The van der Waals surface area contributed by atoms with Gasteiger partial charge in [0, 0.05) is 5.38 Å². The number of alkyl halides is 1. The average molecular weight is 207 g/mol. The second-order valence-corrected chi connectivity index (χ2v) is 3.98. The molecule has 0 spiro atoms. The van der Waals surface area contributed by atoms with Crippen LogP contribution < -0.4 is 0 Å². The zero-order chi connectivity index (χ0) is 10.1. The van der Waals surface area contributed by atoms with Gasteiger partial charge in [0.05, 0.1) is 0 Å². The molecule has 0 heterocycles. The molecular formula is C8H11ClO4. The van der Waals surface area contributed by atoms with Crippen LogP contribution in [-0.2, 0) is 9.59 Å². The van der Waals surface area contributed by atoms with Gasteiger partial charge in [-0.15, -0.1) is 11.6 Å². The van der Waals surface area contributed by atoms with E-state index in [1.54, 1.807) is 0 Å². The Kier molecular flexibility index (Phi) is 2.81. The van der Waals surface area contributed by atoms with Gasteiger partial charge in [-0.2, -0.15) is 0 Å². The summed E-state index contributed by atoms with van der Waals surface area (Å²) in [5, 5.41) is 17.6. The first-order valence-electron chi connectivity index (χ1n) is 4.10. The fourth-order valence-electron chi connectivity index (χ4n) is 1.59. The Morgan fingerprint density at radius 2 is 1.54 bits per heavy atom. The van der Waals surface area contributed by atoms with Crippen molar-refractivity contribution in [3.63, 3.8) is 0 Å². The Morgan fingerprint density at radius 1 is 1.15 bits per heavy atom. The zero-order valence-electron chi connectivity index (χ0n) is 6.99. The van der Waals surface area contributed by atoms with E-state index >= 15 is 0 Å². The molecule has 0 saturated heterocycles. The maximum atomic E-state index is 10.8. The molecule has 5 heteroatoms. The van der Waals surface area contributed by atoms with Crippen LogP contribution in [0.3, 0.4) is 0 Å². The molecule has 2 N–H and O–H groups in total. The van der Waals surface area contributed by atoms with E-state index in [1.807, 2.05) is 0 Å². The van der Waals surface area contributed by atoms with Crippen molar-refractivity contribution >= 4 is 23.5 Å². The number of carboxylic acid groups (broad SMARTS) is 2. The Bertz CT molecular complexity index is 214. The first kappa shape index (κ1) is 10.3. The van der Waals surface area contributed by atoms with Crippen LogP contribution in [0.5, 0.6) is 0 Å². The van der Waals surface area contributed by atoms with Crippen molar-refractivity contribution in [3.8, 4) is 0 Å². The van der Waals surface area contributed by atoms with Crippen LogP contribution in [0.25, 0.3) is 0 Å². The Balaban J connectivity index is 2.82. The minimum absolute atomic E-state index is 0.0770. The second kappa shape index (κ2) is 3.54. The summed E-state index contributed by atoms with van der Waals surface area (Å²) in [6.45, 7) is 0. The molecule has 0 aliphatic heterocycles. The lowest BCUT2D eigenvalue weighted by Gasteiger charge is -2.30. The van der Waals surface area contributed by atoms with Crippen molar-refractivity contribution in [1.29, 1.82) is 0 Å². The Labute approximate surface area is 80.5 Å². The van der Waals surface area contributed by atoms with Gasteiger partial charge in [0.15, 0.2) is 5.41 Å².